The maximum atomic E-state index is 12.3. The number of hydrazone groups is 1. The van der Waals surface area contributed by atoms with Gasteiger partial charge in [-0.15, -0.1) is 11.3 Å². The maximum Gasteiger partial charge on any atom is 0.276 e. The number of anilines is 1. The molecule has 0 unspecified atom stereocenters. The molecule has 1 aromatic carbocycles. The largest absolute Gasteiger partial charge is 0.494 e. The maximum absolute atomic E-state index is 12.3. The minimum atomic E-state index is -3.70. The molecule has 1 aliphatic rings. The predicted molar refractivity (Wildman–Crippen MR) is 103 cm³/mol. The van der Waals surface area contributed by atoms with E-state index in [4.69, 9.17) is 9.47 Å². The molecule has 2 heterocycles. The highest BCUT2D eigenvalue weighted by Gasteiger charge is 2.14. The molecule has 26 heavy (non-hydrogen) atoms. The monoisotopic (exact) mass is 395 g/mol. The van der Waals surface area contributed by atoms with Gasteiger partial charge in [0.1, 0.15) is 5.75 Å². The lowest BCUT2D eigenvalue weighted by Gasteiger charge is -2.27. The zero-order chi connectivity index (χ0) is 18.4. The molecule has 0 aliphatic carbocycles. The molecule has 1 N–H and O–H groups in total. The summed E-state index contributed by atoms with van der Waals surface area (Å²) in [6.45, 7) is 5.58. The number of sulfonamides is 1. The van der Waals surface area contributed by atoms with Gasteiger partial charge in [-0.1, -0.05) is 0 Å². The van der Waals surface area contributed by atoms with E-state index in [1.165, 1.54) is 18.3 Å². The zero-order valence-electron chi connectivity index (χ0n) is 14.4. The third-order valence-corrected chi connectivity index (χ3v) is 6.06. The fourth-order valence-electron chi connectivity index (χ4n) is 2.46. The van der Waals surface area contributed by atoms with E-state index >= 15 is 0 Å². The molecule has 3 rings (SSSR count). The number of nitrogens with zero attached hydrogens (tertiary/aromatic N) is 2. The standard InChI is InChI=1S/C17H21N3O4S2/c1-2-24-14-3-6-16(7-4-14)26(21,22)19-18-13-15-5-8-17(25-15)20-9-11-23-12-10-20/h3-8,13,19H,2,9-12H2,1H3/b18-13-. The highest BCUT2D eigenvalue weighted by atomic mass is 32.2. The summed E-state index contributed by atoms with van der Waals surface area (Å²) in [5.74, 6) is 0.629. The number of morpholine rings is 1. The van der Waals surface area contributed by atoms with Gasteiger partial charge in [-0.2, -0.15) is 13.5 Å². The average Bonchev–Trinajstić information content (AvgIpc) is 3.12. The molecule has 1 saturated heterocycles. The van der Waals surface area contributed by atoms with E-state index in [1.807, 2.05) is 19.1 Å². The molecule has 0 bridgehead atoms. The van der Waals surface area contributed by atoms with Crippen molar-refractivity contribution in [3.63, 3.8) is 0 Å². The summed E-state index contributed by atoms with van der Waals surface area (Å²) >= 11 is 1.56. The van der Waals surface area contributed by atoms with Gasteiger partial charge in [-0.25, -0.2) is 4.83 Å². The van der Waals surface area contributed by atoms with Gasteiger partial charge in [0.15, 0.2) is 0 Å². The Morgan fingerprint density at radius 2 is 1.96 bits per heavy atom. The van der Waals surface area contributed by atoms with Crippen LogP contribution < -0.4 is 14.5 Å². The van der Waals surface area contributed by atoms with E-state index in [-0.39, 0.29) is 4.90 Å². The first-order chi connectivity index (χ1) is 12.6. The molecular formula is C17H21N3O4S2. The van der Waals surface area contributed by atoms with Crippen molar-refractivity contribution in [3.8, 4) is 5.75 Å². The lowest BCUT2D eigenvalue weighted by atomic mass is 10.3. The summed E-state index contributed by atoms with van der Waals surface area (Å²) in [6.07, 6.45) is 1.51. The second-order valence-electron chi connectivity index (χ2n) is 5.53. The molecule has 1 aliphatic heterocycles. The highest BCUT2D eigenvalue weighted by Crippen LogP contribution is 2.25. The molecule has 0 amide bonds. The Hall–Kier alpha value is -2.10. The summed E-state index contributed by atoms with van der Waals surface area (Å²) in [6, 6.07) is 10.2. The van der Waals surface area contributed by atoms with Crippen molar-refractivity contribution in [2.75, 3.05) is 37.8 Å². The van der Waals surface area contributed by atoms with Crippen LogP contribution >= 0.6 is 11.3 Å². The number of nitrogens with one attached hydrogen (secondary N) is 1. The molecule has 1 aromatic heterocycles. The van der Waals surface area contributed by atoms with Crippen LogP contribution in [-0.2, 0) is 14.8 Å². The summed E-state index contributed by atoms with van der Waals surface area (Å²) in [5.41, 5.74) is 0. The Bertz CT molecular complexity index is 841. The van der Waals surface area contributed by atoms with Crippen molar-refractivity contribution in [1.29, 1.82) is 0 Å². The lowest BCUT2D eigenvalue weighted by Crippen LogP contribution is -2.35. The van der Waals surface area contributed by atoms with Crippen LogP contribution in [-0.4, -0.2) is 47.5 Å². The molecule has 2 aromatic rings. The van der Waals surface area contributed by atoms with Crippen LogP contribution in [0.25, 0.3) is 0 Å². The van der Waals surface area contributed by atoms with Gasteiger partial charge < -0.3 is 14.4 Å². The van der Waals surface area contributed by atoms with E-state index in [1.54, 1.807) is 23.5 Å². The minimum Gasteiger partial charge on any atom is -0.494 e. The van der Waals surface area contributed by atoms with Crippen molar-refractivity contribution in [1.82, 2.24) is 4.83 Å². The molecule has 0 atom stereocenters. The van der Waals surface area contributed by atoms with Crippen LogP contribution in [0.2, 0.25) is 0 Å². The number of hydrogen-bond donors (Lipinski definition) is 1. The van der Waals surface area contributed by atoms with Gasteiger partial charge in [0, 0.05) is 18.0 Å². The fourth-order valence-corrected chi connectivity index (χ4v) is 4.18. The number of hydrogen-bond acceptors (Lipinski definition) is 7. The Morgan fingerprint density at radius 3 is 2.65 bits per heavy atom. The molecule has 1 fully saturated rings. The third kappa shape index (κ3) is 4.75. The van der Waals surface area contributed by atoms with E-state index in [2.05, 4.69) is 14.8 Å². The summed E-state index contributed by atoms with van der Waals surface area (Å²) in [7, 11) is -3.70. The van der Waals surface area contributed by atoms with Crippen LogP contribution in [0.3, 0.4) is 0 Å². The van der Waals surface area contributed by atoms with Crippen molar-refractivity contribution in [3.05, 3.63) is 41.3 Å². The molecule has 9 heteroatoms. The average molecular weight is 396 g/mol. The van der Waals surface area contributed by atoms with Gasteiger partial charge in [0.2, 0.25) is 0 Å². The Balaban J connectivity index is 1.61. The van der Waals surface area contributed by atoms with Crippen LogP contribution in [0.15, 0.2) is 46.4 Å². The second-order valence-corrected chi connectivity index (χ2v) is 8.29. The van der Waals surface area contributed by atoms with E-state index < -0.39 is 10.0 Å². The van der Waals surface area contributed by atoms with E-state index in [9.17, 15) is 8.42 Å². The van der Waals surface area contributed by atoms with Gasteiger partial charge >= 0.3 is 0 Å². The summed E-state index contributed by atoms with van der Waals surface area (Å²) < 4.78 is 35.2. The lowest BCUT2D eigenvalue weighted by molar-refractivity contribution is 0.123. The van der Waals surface area contributed by atoms with Crippen LogP contribution in [0.5, 0.6) is 5.75 Å². The van der Waals surface area contributed by atoms with Gasteiger partial charge in [-0.3, -0.25) is 0 Å². The number of benzene rings is 1. The van der Waals surface area contributed by atoms with E-state index in [0.29, 0.717) is 12.4 Å². The highest BCUT2D eigenvalue weighted by molar-refractivity contribution is 7.89. The van der Waals surface area contributed by atoms with E-state index in [0.717, 1.165) is 36.2 Å². The smallest absolute Gasteiger partial charge is 0.276 e. The van der Waals surface area contributed by atoms with Gasteiger partial charge in [0.25, 0.3) is 10.0 Å². The second kappa shape index (κ2) is 8.52. The predicted octanol–water partition coefficient (Wildman–Crippen LogP) is 2.30. The fraction of sp³-hybridized carbons (Fsp3) is 0.353. The first kappa shape index (κ1) is 18.7. The van der Waals surface area contributed by atoms with Gasteiger partial charge in [-0.05, 0) is 43.3 Å². The van der Waals surface area contributed by atoms with Gasteiger partial charge in [0.05, 0.1) is 35.9 Å². The molecule has 0 radical (unpaired) electrons. The Labute approximate surface area is 157 Å². The Morgan fingerprint density at radius 1 is 1.23 bits per heavy atom. The topological polar surface area (TPSA) is 80.2 Å². The van der Waals surface area contributed by atoms with Crippen molar-refractivity contribution in [2.24, 2.45) is 5.10 Å². The number of ether oxygens (including phenoxy) is 2. The van der Waals surface area contributed by atoms with Crippen molar-refractivity contribution < 1.29 is 17.9 Å². The number of rotatable bonds is 7. The normalized spacial score (nSPS) is 15.3. The molecule has 0 spiro atoms. The third-order valence-electron chi connectivity index (χ3n) is 3.75. The summed E-state index contributed by atoms with van der Waals surface area (Å²) in [4.78, 5) is 5.50. The van der Waals surface area contributed by atoms with Crippen LogP contribution in [0.1, 0.15) is 11.8 Å². The van der Waals surface area contributed by atoms with Crippen LogP contribution in [0.4, 0.5) is 5.00 Å². The minimum absolute atomic E-state index is 0.137. The van der Waals surface area contributed by atoms with Crippen molar-refractivity contribution in [2.45, 2.75) is 11.8 Å². The Kier molecular flexibility index (Phi) is 6.12. The van der Waals surface area contributed by atoms with Crippen LogP contribution in [0, 0.1) is 0 Å². The zero-order valence-corrected chi connectivity index (χ0v) is 16.1. The molecule has 140 valence electrons. The quantitative estimate of drug-likeness (QED) is 0.575. The number of thiophene rings is 1. The first-order valence-corrected chi connectivity index (χ1v) is 10.6. The van der Waals surface area contributed by atoms with Crippen molar-refractivity contribution >= 4 is 32.6 Å². The summed E-state index contributed by atoms with van der Waals surface area (Å²) in [5, 5.41) is 5.01. The molecule has 7 nitrogen and oxygen atoms in total. The molecular weight excluding hydrogens is 374 g/mol. The SMILES string of the molecule is CCOc1ccc(S(=O)(=O)N/N=C\c2ccc(N3CCOCC3)s2)cc1. The first-order valence-electron chi connectivity index (χ1n) is 8.29. The molecule has 0 saturated carbocycles.